The Labute approximate surface area is 148 Å². The molecule has 0 unspecified atom stereocenters. The molecular weight excluding hydrogens is 308 g/mol. The summed E-state index contributed by atoms with van der Waals surface area (Å²) in [6, 6.07) is 24.1. The van der Waals surface area contributed by atoms with E-state index in [1.54, 1.807) is 6.20 Å². The van der Waals surface area contributed by atoms with Crippen LogP contribution in [0.15, 0.2) is 79.0 Å². The average molecular weight is 328 g/mol. The van der Waals surface area contributed by atoms with Gasteiger partial charge in [0, 0.05) is 17.8 Å². The summed E-state index contributed by atoms with van der Waals surface area (Å²) in [6.45, 7) is 0.563. The number of rotatable bonds is 5. The Morgan fingerprint density at radius 1 is 0.920 bits per heavy atom. The SMILES string of the molecule is O=C(c1ccccc1-c1ccccc1)N(Cc1ccccn1)C1CC1. The maximum Gasteiger partial charge on any atom is 0.255 e. The van der Waals surface area contributed by atoms with Gasteiger partial charge < -0.3 is 4.90 Å². The lowest BCUT2D eigenvalue weighted by Gasteiger charge is -2.23. The van der Waals surface area contributed by atoms with Crippen LogP contribution in [0.4, 0.5) is 0 Å². The van der Waals surface area contributed by atoms with Crippen molar-refractivity contribution >= 4 is 5.91 Å². The standard InChI is InChI=1S/C22H20N2O/c25-22(24(19-13-14-19)16-18-10-6-7-15-23-18)21-12-5-4-11-20(21)17-8-2-1-3-9-17/h1-12,15,19H,13-14,16H2. The molecule has 3 heteroatoms. The van der Waals surface area contributed by atoms with Gasteiger partial charge in [-0.05, 0) is 42.2 Å². The lowest BCUT2D eigenvalue weighted by molar-refractivity contribution is 0.0728. The molecule has 0 bridgehead atoms. The van der Waals surface area contributed by atoms with Crippen molar-refractivity contribution in [2.24, 2.45) is 0 Å². The zero-order valence-electron chi connectivity index (χ0n) is 14.0. The topological polar surface area (TPSA) is 33.2 Å². The molecule has 3 nitrogen and oxygen atoms in total. The first-order valence-corrected chi connectivity index (χ1v) is 8.68. The molecule has 0 spiro atoms. The minimum Gasteiger partial charge on any atom is -0.330 e. The number of nitrogens with zero attached hydrogens (tertiary/aromatic N) is 2. The van der Waals surface area contributed by atoms with E-state index >= 15 is 0 Å². The van der Waals surface area contributed by atoms with Crippen LogP contribution < -0.4 is 0 Å². The third-order valence-electron chi connectivity index (χ3n) is 4.55. The van der Waals surface area contributed by atoms with Crippen LogP contribution in [0.1, 0.15) is 28.9 Å². The van der Waals surface area contributed by atoms with Crippen LogP contribution in [0.3, 0.4) is 0 Å². The molecular formula is C22H20N2O. The van der Waals surface area contributed by atoms with Crippen molar-refractivity contribution in [3.8, 4) is 11.1 Å². The van der Waals surface area contributed by atoms with Gasteiger partial charge in [-0.1, -0.05) is 54.6 Å². The van der Waals surface area contributed by atoms with Crippen LogP contribution >= 0.6 is 0 Å². The first-order valence-electron chi connectivity index (χ1n) is 8.68. The predicted molar refractivity (Wildman–Crippen MR) is 99.0 cm³/mol. The Morgan fingerprint density at radius 2 is 1.64 bits per heavy atom. The molecule has 3 aromatic rings. The number of hydrogen-bond acceptors (Lipinski definition) is 2. The summed E-state index contributed by atoms with van der Waals surface area (Å²) >= 11 is 0. The van der Waals surface area contributed by atoms with E-state index in [0.29, 0.717) is 12.6 Å². The second-order valence-electron chi connectivity index (χ2n) is 6.40. The highest BCUT2D eigenvalue weighted by Crippen LogP contribution is 2.32. The van der Waals surface area contributed by atoms with Crippen molar-refractivity contribution in [3.05, 3.63) is 90.3 Å². The van der Waals surface area contributed by atoms with Gasteiger partial charge in [-0.3, -0.25) is 9.78 Å². The zero-order valence-corrected chi connectivity index (χ0v) is 14.0. The normalized spacial score (nSPS) is 13.4. The van der Waals surface area contributed by atoms with Gasteiger partial charge in [0.05, 0.1) is 12.2 Å². The van der Waals surface area contributed by atoms with E-state index in [4.69, 9.17) is 0 Å². The van der Waals surface area contributed by atoms with Gasteiger partial charge in [-0.25, -0.2) is 0 Å². The van der Waals surface area contributed by atoms with Crippen molar-refractivity contribution in [3.63, 3.8) is 0 Å². The summed E-state index contributed by atoms with van der Waals surface area (Å²) in [7, 11) is 0. The molecule has 4 rings (SSSR count). The van der Waals surface area contributed by atoms with E-state index in [-0.39, 0.29) is 5.91 Å². The molecule has 0 atom stereocenters. The van der Waals surface area contributed by atoms with E-state index in [9.17, 15) is 4.79 Å². The fraction of sp³-hybridized carbons (Fsp3) is 0.182. The molecule has 0 radical (unpaired) electrons. The molecule has 2 aromatic carbocycles. The van der Waals surface area contributed by atoms with E-state index in [2.05, 4.69) is 4.98 Å². The number of pyridine rings is 1. The highest BCUT2D eigenvalue weighted by Gasteiger charge is 2.34. The van der Waals surface area contributed by atoms with E-state index in [1.165, 1.54) is 0 Å². The molecule has 0 saturated heterocycles. The molecule has 0 aliphatic heterocycles. The van der Waals surface area contributed by atoms with Gasteiger partial charge in [0.1, 0.15) is 0 Å². The minimum absolute atomic E-state index is 0.0904. The molecule has 1 aromatic heterocycles. The molecule has 25 heavy (non-hydrogen) atoms. The summed E-state index contributed by atoms with van der Waals surface area (Å²) in [4.78, 5) is 19.7. The summed E-state index contributed by atoms with van der Waals surface area (Å²) < 4.78 is 0. The van der Waals surface area contributed by atoms with Gasteiger partial charge in [0.2, 0.25) is 0 Å². The molecule has 0 N–H and O–H groups in total. The largest absolute Gasteiger partial charge is 0.330 e. The van der Waals surface area contributed by atoms with E-state index in [1.807, 2.05) is 77.7 Å². The van der Waals surface area contributed by atoms with Crippen LogP contribution in [0, 0.1) is 0 Å². The number of hydrogen-bond donors (Lipinski definition) is 0. The van der Waals surface area contributed by atoms with E-state index < -0.39 is 0 Å². The summed E-state index contributed by atoms with van der Waals surface area (Å²) in [5.74, 6) is 0.0904. The summed E-state index contributed by atoms with van der Waals surface area (Å²) in [6.07, 6.45) is 3.93. The van der Waals surface area contributed by atoms with Gasteiger partial charge in [-0.15, -0.1) is 0 Å². The first-order chi connectivity index (χ1) is 12.3. The highest BCUT2D eigenvalue weighted by molar-refractivity contribution is 6.01. The molecule has 1 amide bonds. The van der Waals surface area contributed by atoms with E-state index in [0.717, 1.165) is 35.2 Å². The Bertz CT molecular complexity index is 857. The van der Waals surface area contributed by atoms with Gasteiger partial charge in [0.25, 0.3) is 5.91 Å². The Hall–Kier alpha value is -2.94. The molecule has 1 heterocycles. The molecule has 1 aliphatic rings. The summed E-state index contributed by atoms with van der Waals surface area (Å²) in [5.41, 5.74) is 3.75. The van der Waals surface area contributed by atoms with Gasteiger partial charge >= 0.3 is 0 Å². The first kappa shape index (κ1) is 15.6. The molecule has 124 valence electrons. The van der Waals surface area contributed by atoms with Crippen LogP contribution in [-0.2, 0) is 6.54 Å². The number of amides is 1. The fourth-order valence-electron chi connectivity index (χ4n) is 3.11. The van der Waals surface area contributed by atoms with Crippen molar-refractivity contribution in [1.82, 2.24) is 9.88 Å². The molecule has 1 aliphatic carbocycles. The van der Waals surface area contributed by atoms with Gasteiger partial charge in [-0.2, -0.15) is 0 Å². The molecule has 1 fully saturated rings. The quantitative estimate of drug-likeness (QED) is 0.688. The van der Waals surface area contributed by atoms with Gasteiger partial charge in [0.15, 0.2) is 0 Å². The zero-order chi connectivity index (χ0) is 17.1. The summed E-state index contributed by atoms with van der Waals surface area (Å²) in [5, 5.41) is 0. The maximum atomic E-state index is 13.3. The average Bonchev–Trinajstić information content (AvgIpc) is 3.52. The van der Waals surface area contributed by atoms with Crippen LogP contribution in [0.2, 0.25) is 0 Å². The number of carbonyl (C=O) groups is 1. The van der Waals surface area contributed by atoms with Crippen LogP contribution in [0.25, 0.3) is 11.1 Å². The Kier molecular flexibility index (Phi) is 4.30. The third-order valence-corrected chi connectivity index (χ3v) is 4.55. The lowest BCUT2D eigenvalue weighted by atomic mass is 9.98. The fourth-order valence-corrected chi connectivity index (χ4v) is 3.11. The van der Waals surface area contributed by atoms with Crippen LogP contribution in [-0.4, -0.2) is 21.8 Å². The van der Waals surface area contributed by atoms with Crippen molar-refractivity contribution in [1.29, 1.82) is 0 Å². The van der Waals surface area contributed by atoms with Crippen molar-refractivity contribution in [2.45, 2.75) is 25.4 Å². The van der Waals surface area contributed by atoms with Crippen molar-refractivity contribution < 1.29 is 4.79 Å². The Balaban J connectivity index is 1.67. The monoisotopic (exact) mass is 328 g/mol. The molecule has 1 saturated carbocycles. The lowest BCUT2D eigenvalue weighted by Crippen LogP contribution is -2.33. The second kappa shape index (κ2) is 6.89. The Morgan fingerprint density at radius 3 is 2.36 bits per heavy atom. The number of carbonyl (C=O) groups excluding carboxylic acids is 1. The maximum absolute atomic E-state index is 13.3. The highest BCUT2D eigenvalue weighted by atomic mass is 16.2. The number of benzene rings is 2. The second-order valence-corrected chi connectivity index (χ2v) is 6.40. The predicted octanol–water partition coefficient (Wildman–Crippen LogP) is 4.55. The smallest absolute Gasteiger partial charge is 0.255 e. The van der Waals surface area contributed by atoms with Crippen molar-refractivity contribution in [2.75, 3.05) is 0 Å². The minimum atomic E-state index is 0.0904. The third kappa shape index (κ3) is 3.45. The number of aromatic nitrogens is 1. The van der Waals surface area contributed by atoms with Crippen LogP contribution in [0.5, 0.6) is 0 Å².